The van der Waals surface area contributed by atoms with Crippen LogP contribution >= 0.6 is 11.6 Å². The molecule has 0 aromatic heterocycles. The first-order valence-electron chi connectivity index (χ1n) is 6.62. The maximum absolute atomic E-state index is 12.2. The minimum atomic E-state index is -0.325. The molecule has 1 fully saturated rings. The van der Waals surface area contributed by atoms with E-state index in [1.165, 1.54) is 0 Å². The number of carbonyl (C=O) groups is 1. The molecule has 1 aromatic carbocycles. The summed E-state index contributed by atoms with van der Waals surface area (Å²) < 4.78 is 0. The van der Waals surface area contributed by atoms with Crippen molar-refractivity contribution in [2.24, 2.45) is 0 Å². The van der Waals surface area contributed by atoms with E-state index in [-0.39, 0.29) is 11.9 Å². The maximum atomic E-state index is 12.2. The lowest BCUT2D eigenvalue weighted by molar-refractivity contribution is -0.122. The SMILES string of the molecule is CCNC(=O)C1CNCCN1c1cc(Cl)ccc1C#N. The Labute approximate surface area is 123 Å². The van der Waals surface area contributed by atoms with Crippen LogP contribution in [0.4, 0.5) is 5.69 Å². The number of rotatable bonds is 3. The molecule has 20 heavy (non-hydrogen) atoms. The molecule has 2 rings (SSSR count). The second-order valence-corrected chi connectivity index (χ2v) is 5.02. The maximum Gasteiger partial charge on any atom is 0.244 e. The Morgan fingerprint density at radius 2 is 2.45 bits per heavy atom. The van der Waals surface area contributed by atoms with Crippen molar-refractivity contribution in [3.8, 4) is 6.07 Å². The number of nitriles is 1. The summed E-state index contributed by atoms with van der Waals surface area (Å²) in [4.78, 5) is 14.1. The third kappa shape index (κ3) is 3.03. The van der Waals surface area contributed by atoms with E-state index in [1.54, 1.807) is 18.2 Å². The van der Waals surface area contributed by atoms with Crippen LogP contribution in [-0.4, -0.2) is 38.1 Å². The van der Waals surface area contributed by atoms with Gasteiger partial charge in [0.15, 0.2) is 0 Å². The number of carbonyl (C=O) groups excluding carboxylic acids is 1. The van der Waals surface area contributed by atoms with Crippen LogP contribution in [0.1, 0.15) is 12.5 Å². The van der Waals surface area contributed by atoms with Crippen LogP contribution in [0.2, 0.25) is 5.02 Å². The van der Waals surface area contributed by atoms with Crippen LogP contribution in [0.15, 0.2) is 18.2 Å². The molecule has 0 spiro atoms. The van der Waals surface area contributed by atoms with Crippen molar-refractivity contribution in [3.63, 3.8) is 0 Å². The third-order valence-corrected chi connectivity index (χ3v) is 3.52. The van der Waals surface area contributed by atoms with Gasteiger partial charge in [-0.1, -0.05) is 11.6 Å². The summed E-state index contributed by atoms with van der Waals surface area (Å²) >= 11 is 6.03. The highest BCUT2D eigenvalue weighted by atomic mass is 35.5. The average molecular weight is 293 g/mol. The second-order valence-electron chi connectivity index (χ2n) is 4.58. The summed E-state index contributed by atoms with van der Waals surface area (Å²) in [6.45, 7) is 4.47. The monoisotopic (exact) mass is 292 g/mol. The molecule has 0 aliphatic carbocycles. The van der Waals surface area contributed by atoms with E-state index in [9.17, 15) is 10.1 Å². The molecular formula is C14H17ClN4O. The van der Waals surface area contributed by atoms with Gasteiger partial charge in [-0.15, -0.1) is 0 Å². The van der Waals surface area contributed by atoms with Crippen LogP contribution < -0.4 is 15.5 Å². The minimum Gasteiger partial charge on any atom is -0.356 e. The fourth-order valence-electron chi connectivity index (χ4n) is 2.36. The smallest absolute Gasteiger partial charge is 0.244 e. The zero-order valence-corrected chi connectivity index (χ0v) is 12.1. The number of nitrogens with zero attached hydrogens (tertiary/aromatic N) is 2. The molecule has 1 saturated heterocycles. The molecule has 0 bridgehead atoms. The Balaban J connectivity index is 2.35. The largest absolute Gasteiger partial charge is 0.356 e. The quantitative estimate of drug-likeness (QED) is 0.876. The first-order valence-corrected chi connectivity index (χ1v) is 7.00. The van der Waals surface area contributed by atoms with Crippen molar-refractivity contribution in [1.29, 1.82) is 5.26 Å². The van der Waals surface area contributed by atoms with Crippen molar-refractivity contribution in [1.82, 2.24) is 10.6 Å². The summed E-state index contributed by atoms with van der Waals surface area (Å²) in [7, 11) is 0. The summed E-state index contributed by atoms with van der Waals surface area (Å²) in [5.74, 6) is -0.0384. The highest BCUT2D eigenvalue weighted by molar-refractivity contribution is 6.30. The molecule has 1 aromatic rings. The number of amides is 1. The lowest BCUT2D eigenvalue weighted by Gasteiger charge is -2.37. The molecule has 6 heteroatoms. The van der Waals surface area contributed by atoms with Gasteiger partial charge in [0.1, 0.15) is 12.1 Å². The Morgan fingerprint density at radius 3 is 3.15 bits per heavy atom. The number of likely N-dealkylation sites (N-methyl/N-ethyl adjacent to an activating group) is 1. The van der Waals surface area contributed by atoms with Gasteiger partial charge in [-0.05, 0) is 25.1 Å². The molecule has 1 aliphatic heterocycles. The summed E-state index contributed by atoms with van der Waals surface area (Å²) in [6, 6.07) is 6.96. The van der Waals surface area contributed by atoms with Crippen molar-refractivity contribution in [2.45, 2.75) is 13.0 Å². The number of halogens is 1. The van der Waals surface area contributed by atoms with E-state index in [2.05, 4.69) is 16.7 Å². The van der Waals surface area contributed by atoms with Crippen molar-refractivity contribution in [3.05, 3.63) is 28.8 Å². The fraction of sp³-hybridized carbons (Fsp3) is 0.429. The van der Waals surface area contributed by atoms with Crippen molar-refractivity contribution in [2.75, 3.05) is 31.1 Å². The number of piperazine rings is 1. The molecule has 1 amide bonds. The van der Waals surface area contributed by atoms with E-state index < -0.39 is 0 Å². The molecule has 1 atom stereocenters. The zero-order valence-electron chi connectivity index (χ0n) is 11.3. The van der Waals surface area contributed by atoms with Gasteiger partial charge in [0, 0.05) is 31.2 Å². The van der Waals surface area contributed by atoms with Crippen LogP contribution in [0.25, 0.3) is 0 Å². The molecule has 1 aliphatic rings. The minimum absolute atomic E-state index is 0.0384. The molecule has 0 radical (unpaired) electrons. The summed E-state index contributed by atoms with van der Waals surface area (Å²) in [5.41, 5.74) is 1.25. The van der Waals surface area contributed by atoms with E-state index >= 15 is 0 Å². The number of hydrogen-bond donors (Lipinski definition) is 2. The Hall–Kier alpha value is -1.77. The van der Waals surface area contributed by atoms with Crippen LogP contribution in [0.5, 0.6) is 0 Å². The summed E-state index contributed by atoms with van der Waals surface area (Å²) in [6.07, 6.45) is 0. The predicted octanol–water partition coefficient (Wildman–Crippen LogP) is 1.13. The van der Waals surface area contributed by atoms with E-state index in [4.69, 9.17) is 11.6 Å². The number of hydrogen-bond acceptors (Lipinski definition) is 4. The van der Waals surface area contributed by atoms with Gasteiger partial charge in [0.25, 0.3) is 0 Å². The molecule has 5 nitrogen and oxygen atoms in total. The van der Waals surface area contributed by atoms with Gasteiger partial charge in [-0.3, -0.25) is 4.79 Å². The van der Waals surface area contributed by atoms with Crippen LogP contribution in [-0.2, 0) is 4.79 Å². The molecule has 106 valence electrons. The fourth-order valence-corrected chi connectivity index (χ4v) is 2.52. The Kier molecular flexibility index (Phi) is 4.83. The first kappa shape index (κ1) is 14.6. The third-order valence-electron chi connectivity index (χ3n) is 3.29. The van der Waals surface area contributed by atoms with Gasteiger partial charge in [0.05, 0.1) is 11.3 Å². The standard InChI is InChI=1S/C14H17ClN4O/c1-2-18-14(20)13-9-17-5-6-19(13)12-7-11(15)4-3-10(12)8-16/h3-4,7,13,17H,2,5-6,9H2,1H3,(H,18,20). The highest BCUT2D eigenvalue weighted by Gasteiger charge is 2.29. The predicted molar refractivity (Wildman–Crippen MR) is 78.9 cm³/mol. The topological polar surface area (TPSA) is 68.2 Å². The van der Waals surface area contributed by atoms with Gasteiger partial charge in [0.2, 0.25) is 5.91 Å². The van der Waals surface area contributed by atoms with Gasteiger partial charge >= 0.3 is 0 Å². The number of anilines is 1. The Morgan fingerprint density at radius 1 is 1.65 bits per heavy atom. The lowest BCUT2D eigenvalue weighted by atomic mass is 10.1. The second kappa shape index (κ2) is 6.60. The van der Waals surface area contributed by atoms with E-state index in [1.807, 2.05) is 11.8 Å². The van der Waals surface area contributed by atoms with Gasteiger partial charge in [-0.2, -0.15) is 5.26 Å². The molecule has 0 saturated carbocycles. The average Bonchev–Trinajstić information content (AvgIpc) is 2.47. The molecule has 1 heterocycles. The first-order chi connectivity index (χ1) is 9.67. The van der Waals surface area contributed by atoms with E-state index in [0.29, 0.717) is 30.2 Å². The zero-order chi connectivity index (χ0) is 14.5. The Bertz CT molecular complexity index is 540. The van der Waals surface area contributed by atoms with Crippen LogP contribution in [0, 0.1) is 11.3 Å². The van der Waals surface area contributed by atoms with Gasteiger partial charge < -0.3 is 15.5 Å². The number of nitrogens with one attached hydrogen (secondary N) is 2. The van der Waals surface area contributed by atoms with Gasteiger partial charge in [-0.25, -0.2) is 0 Å². The van der Waals surface area contributed by atoms with Crippen LogP contribution in [0.3, 0.4) is 0 Å². The molecular weight excluding hydrogens is 276 g/mol. The summed E-state index contributed by atoms with van der Waals surface area (Å²) in [5, 5.41) is 15.8. The lowest BCUT2D eigenvalue weighted by Crippen LogP contribution is -2.58. The molecule has 1 unspecified atom stereocenters. The van der Waals surface area contributed by atoms with E-state index in [0.717, 1.165) is 12.2 Å². The highest BCUT2D eigenvalue weighted by Crippen LogP contribution is 2.26. The van der Waals surface area contributed by atoms with Crippen molar-refractivity contribution < 1.29 is 4.79 Å². The normalized spacial score (nSPS) is 18.4. The van der Waals surface area contributed by atoms with Crippen molar-refractivity contribution >= 4 is 23.2 Å². The molecule has 2 N–H and O–H groups in total. The number of benzene rings is 1.